The number of nitrogens with zero attached hydrogens (tertiary/aromatic N) is 1. The molecule has 118 valence electrons. The molecule has 0 aromatic heterocycles. The first-order valence-corrected chi connectivity index (χ1v) is 7.96. The van der Waals surface area contributed by atoms with E-state index in [2.05, 4.69) is 5.32 Å². The Labute approximate surface area is 122 Å². The van der Waals surface area contributed by atoms with Crippen molar-refractivity contribution in [1.82, 2.24) is 9.62 Å². The minimum Gasteiger partial charge on any atom is -0.444 e. The molecule has 6 nitrogen and oxygen atoms in total. The van der Waals surface area contributed by atoms with Crippen molar-refractivity contribution in [1.29, 1.82) is 0 Å². The van der Waals surface area contributed by atoms with Crippen molar-refractivity contribution in [2.75, 3.05) is 14.1 Å². The number of rotatable bonds is 5. The van der Waals surface area contributed by atoms with Crippen molar-refractivity contribution in [2.24, 2.45) is 5.92 Å². The summed E-state index contributed by atoms with van der Waals surface area (Å²) in [5.74, 6) is 0.0381. The normalized spacial score (nSPS) is 14.8. The molecular weight excluding hydrogens is 280 g/mol. The van der Waals surface area contributed by atoms with Crippen LogP contribution in [0.15, 0.2) is 11.5 Å². The average Bonchev–Trinajstić information content (AvgIpc) is 2.20. The Bertz CT molecular complexity index is 447. The van der Waals surface area contributed by atoms with E-state index in [1.807, 2.05) is 13.8 Å². The summed E-state index contributed by atoms with van der Waals surface area (Å²) in [6.07, 6.45) is 0.896. The molecule has 0 bridgehead atoms. The third-order valence-corrected chi connectivity index (χ3v) is 3.89. The third-order valence-electron chi connectivity index (χ3n) is 2.37. The molecule has 7 heteroatoms. The lowest BCUT2D eigenvalue weighted by Gasteiger charge is -2.24. The molecule has 0 fully saturated rings. The molecule has 0 rings (SSSR count). The molecule has 0 aromatic carbocycles. The van der Waals surface area contributed by atoms with Crippen molar-refractivity contribution in [3.05, 3.63) is 11.5 Å². The molecule has 0 aliphatic heterocycles. The quantitative estimate of drug-likeness (QED) is 0.842. The van der Waals surface area contributed by atoms with Gasteiger partial charge in [-0.3, -0.25) is 0 Å². The predicted octanol–water partition coefficient (Wildman–Crippen LogP) is 1.94. The molecule has 0 saturated heterocycles. The standard InChI is InChI=1S/C13H26N2O4S/c1-10(2)11(8-9-20(17,18)15(6)7)14-12(16)19-13(3,4)5/h8-11H,1-7H3,(H,14,16)/b9-8+/t11-/m1/s1. The number of alkyl carbamates (subject to hydrolysis) is 1. The first kappa shape index (κ1) is 18.9. The number of hydrogen-bond acceptors (Lipinski definition) is 4. The summed E-state index contributed by atoms with van der Waals surface area (Å²) in [7, 11) is -0.538. The topological polar surface area (TPSA) is 75.7 Å². The predicted molar refractivity (Wildman–Crippen MR) is 79.7 cm³/mol. The molecule has 20 heavy (non-hydrogen) atoms. The Balaban J connectivity index is 4.85. The lowest BCUT2D eigenvalue weighted by molar-refractivity contribution is 0.0504. The van der Waals surface area contributed by atoms with Crippen molar-refractivity contribution in [3.8, 4) is 0 Å². The maximum Gasteiger partial charge on any atom is 0.408 e. The zero-order valence-corrected chi connectivity index (χ0v) is 14.1. The van der Waals surface area contributed by atoms with Gasteiger partial charge in [0.2, 0.25) is 10.0 Å². The van der Waals surface area contributed by atoms with E-state index in [1.54, 1.807) is 20.8 Å². The Hall–Kier alpha value is -1.08. The second-order valence-corrected chi connectivity index (χ2v) is 8.10. The smallest absolute Gasteiger partial charge is 0.408 e. The summed E-state index contributed by atoms with van der Waals surface area (Å²) < 4.78 is 29.6. The maximum atomic E-state index is 11.7. The highest BCUT2D eigenvalue weighted by atomic mass is 32.2. The van der Waals surface area contributed by atoms with Gasteiger partial charge < -0.3 is 10.1 Å². The van der Waals surface area contributed by atoms with E-state index in [-0.39, 0.29) is 5.92 Å². The number of carbonyl (C=O) groups is 1. The Morgan fingerprint density at radius 3 is 2.10 bits per heavy atom. The summed E-state index contributed by atoms with van der Waals surface area (Å²) in [5, 5.41) is 3.75. The van der Waals surface area contributed by atoms with Crippen molar-refractivity contribution < 1.29 is 17.9 Å². The maximum absolute atomic E-state index is 11.7. The molecule has 1 amide bonds. The molecule has 1 atom stereocenters. The van der Waals surface area contributed by atoms with Gasteiger partial charge in [-0.2, -0.15) is 0 Å². The molecule has 0 aliphatic carbocycles. The van der Waals surface area contributed by atoms with E-state index in [9.17, 15) is 13.2 Å². The van der Waals surface area contributed by atoms with Crippen LogP contribution in [-0.2, 0) is 14.8 Å². The summed E-state index contributed by atoms with van der Waals surface area (Å²) in [5.41, 5.74) is -0.592. The van der Waals surface area contributed by atoms with E-state index >= 15 is 0 Å². The van der Waals surface area contributed by atoms with Crippen LogP contribution in [0.1, 0.15) is 34.6 Å². The summed E-state index contributed by atoms with van der Waals surface area (Å²) >= 11 is 0. The molecule has 0 heterocycles. The fourth-order valence-corrected chi connectivity index (χ4v) is 1.80. The minimum atomic E-state index is -3.44. The number of sulfonamides is 1. The Morgan fingerprint density at radius 1 is 1.25 bits per heavy atom. The van der Waals surface area contributed by atoms with Crippen molar-refractivity contribution in [3.63, 3.8) is 0 Å². The van der Waals surface area contributed by atoms with E-state index in [1.165, 1.54) is 20.2 Å². The Morgan fingerprint density at radius 2 is 1.75 bits per heavy atom. The highest BCUT2D eigenvalue weighted by molar-refractivity contribution is 7.92. The van der Waals surface area contributed by atoms with Gasteiger partial charge in [0.25, 0.3) is 0 Å². The van der Waals surface area contributed by atoms with Gasteiger partial charge in [0.1, 0.15) is 5.60 Å². The fourth-order valence-electron chi connectivity index (χ4n) is 1.19. The third kappa shape index (κ3) is 7.49. The van der Waals surface area contributed by atoms with Crippen LogP contribution < -0.4 is 5.32 Å². The highest BCUT2D eigenvalue weighted by Crippen LogP contribution is 2.10. The van der Waals surface area contributed by atoms with Crippen LogP contribution in [0, 0.1) is 5.92 Å². The summed E-state index contributed by atoms with van der Waals surface area (Å²) in [4.78, 5) is 11.7. The van der Waals surface area contributed by atoms with Crippen LogP contribution in [0.2, 0.25) is 0 Å². The molecule has 1 N–H and O–H groups in total. The lowest BCUT2D eigenvalue weighted by Crippen LogP contribution is -2.40. The first-order chi connectivity index (χ1) is 8.85. The fraction of sp³-hybridized carbons (Fsp3) is 0.769. The van der Waals surface area contributed by atoms with Crippen molar-refractivity contribution >= 4 is 16.1 Å². The SMILES string of the molecule is CC(C)[C@@H](/C=C/S(=O)(=O)N(C)C)NC(=O)OC(C)(C)C. The number of amides is 1. The van der Waals surface area contributed by atoms with Crippen LogP contribution in [0.3, 0.4) is 0 Å². The second-order valence-electron chi connectivity index (χ2n) is 6.07. The minimum absolute atomic E-state index is 0.0381. The van der Waals surface area contributed by atoms with Crippen LogP contribution in [-0.4, -0.2) is 44.6 Å². The molecule has 0 unspecified atom stereocenters. The van der Waals surface area contributed by atoms with E-state index < -0.39 is 27.8 Å². The van der Waals surface area contributed by atoms with Gasteiger partial charge in [-0.15, -0.1) is 0 Å². The van der Waals surface area contributed by atoms with Crippen LogP contribution in [0.25, 0.3) is 0 Å². The van der Waals surface area contributed by atoms with Gasteiger partial charge in [-0.05, 0) is 32.8 Å². The average molecular weight is 306 g/mol. The molecule has 0 spiro atoms. The van der Waals surface area contributed by atoms with E-state index in [0.29, 0.717) is 0 Å². The van der Waals surface area contributed by atoms with Gasteiger partial charge >= 0.3 is 6.09 Å². The summed E-state index contributed by atoms with van der Waals surface area (Å²) in [6, 6.07) is -0.417. The monoisotopic (exact) mass is 306 g/mol. The van der Waals surface area contributed by atoms with E-state index in [4.69, 9.17) is 4.74 Å². The molecule has 0 saturated carbocycles. The summed E-state index contributed by atoms with van der Waals surface area (Å²) in [6.45, 7) is 9.07. The van der Waals surface area contributed by atoms with Crippen LogP contribution in [0.5, 0.6) is 0 Å². The van der Waals surface area contributed by atoms with Crippen molar-refractivity contribution in [2.45, 2.75) is 46.3 Å². The van der Waals surface area contributed by atoms with Gasteiger partial charge in [0.05, 0.1) is 6.04 Å². The van der Waals surface area contributed by atoms with Gasteiger partial charge in [-0.1, -0.05) is 13.8 Å². The zero-order chi connectivity index (χ0) is 16.1. The number of carbonyl (C=O) groups excluding carboxylic acids is 1. The largest absolute Gasteiger partial charge is 0.444 e. The molecule has 0 aromatic rings. The second kappa shape index (κ2) is 7.08. The lowest BCUT2D eigenvalue weighted by atomic mass is 10.1. The number of hydrogen-bond donors (Lipinski definition) is 1. The van der Waals surface area contributed by atoms with Crippen LogP contribution >= 0.6 is 0 Å². The Kier molecular flexibility index (Phi) is 6.70. The zero-order valence-electron chi connectivity index (χ0n) is 13.3. The van der Waals surface area contributed by atoms with Gasteiger partial charge in [-0.25, -0.2) is 17.5 Å². The highest BCUT2D eigenvalue weighted by Gasteiger charge is 2.20. The number of nitrogens with one attached hydrogen (secondary N) is 1. The molecule has 0 radical (unpaired) electrons. The molecular formula is C13H26N2O4S. The van der Waals surface area contributed by atoms with E-state index in [0.717, 1.165) is 9.71 Å². The van der Waals surface area contributed by atoms with Gasteiger partial charge in [0.15, 0.2) is 0 Å². The molecule has 0 aliphatic rings. The first-order valence-electron chi connectivity index (χ1n) is 6.45. The van der Waals surface area contributed by atoms with Gasteiger partial charge in [0, 0.05) is 19.5 Å². The number of ether oxygens (including phenoxy) is 1. The van der Waals surface area contributed by atoms with Crippen LogP contribution in [0.4, 0.5) is 4.79 Å².